The standard InChI is InChI=1S/C21H28N4O2/c1-2-27-20(26)16-7-10-24(11-8-16)19-13-17(15-3-4-15)5-6-18(19)14-25-12-9-23-21(25)22/h5-6,9,12-13,15-16H,2-4,7-8,10-11,14H2,1H3,(H2,22,23). The van der Waals surface area contributed by atoms with Crippen molar-refractivity contribution in [1.29, 1.82) is 0 Å². The molecule has 6 nitrogen and oxygen atoms in total. The van der Waals surface area contributed by atoms with Crippen molar-refractivity contribution < 1.29 is 9.53 Å². The topological polar surface area (TPSA) is 73.4 Å². The minimum absolute atomic E-state index is 0.0283. The van der Waals surface area contributed by atoms with Crippen LogP contribution < -0.4 is 10.6 Å². The number of ether oxygens (including phenoxy) is 1. The molecule has 6 heteroatoms. The van der Waals surface area contributed by atoms with E-state index in [1.165, 1.54) is 29.7 Å². The number of hydrogen-bond donors (Lipinski definition) is 1. The van der Waals surface area contributed by atoms with Gasteiger partial charge in [-0.25, -0.2) is 4.98 Å². The number of nitrogen functional groups attached to an aromatic ring is 1. The number of nitrogens with two attached hydrogens (primary N) is 1. The number of aromatic nitrogens is 2. The zero-order chi connectivity index (χ0) is 18.8. The molecule has 1 saturated heterocycles. The van der Waals surface area contributed by atoms with Crippen molar-refractivity contribution in [2.24, 2.45) is 5.92 Å². The highest BCUT2D eigenvalue weighted by molar-refractivity contribution is 5.73. The lowest BCUT2D eigenvalue weighted by Crippen LogP contribution is -2.37. The monoisotopic (exact) mass is 368 g/mol. The van der Waals surface area contributed by atoms with Gasteiger partial charge in [-0.2, -0.15) is 0 Å². The van der Waals surface area contributed by atoms with E-state index in [9.17, 15) is 4.79 Å². The Balaban J connectivity index is 1.54. The van der Waals surface area contributed by atoms with Gasteiger partial charge in [-0.1, -0.05) is 12.1 Å². The first kappa shape index (κ1) is 17.9. The molecule has 1 saturated carbocycles. The van der Waals surface area contributed by atoms with Gasteiger partial charge in [0.15, 0.2) is 5.95 Å². The molecule has 1 aliphatic heterocycles. The summed E-state index contributed by atoms with van der Waals surface area (Å²) in [6.45, 7) is 4.79. The van der Waals surface area contributed by atoms with Crippen LogP contribution in [-0.2, 0) is 16.1 Å². The third-order valence-corrected chi connectivity index (χ3v) is 5.70. The zero-order valence-electron chi connectivity index (χ0n) is 15.9. The van der Waals surface area contributed by atoms with Crippen LogP contribution in [0, 0.1) is 5.92 Å². The Morgan fingerprint density at radius 3 is 2.67 bits per heavy atom. The first-order valence-electron chi connectivity index (χ1n) is 9.96. The third-order valence-electron chi connectivity index (χ3n) is 5.70. The van der Waals surface area contributed by atoms with Crippen molar-refractivity contribution in [2.75, 3.05) is 30.3 Å². The molecule has 4 rings (SSSR count). The summed E-state index contributed by atoms with van der Waals surface area (Å²) in [5.41, 5.74) is 9.92. The number of benzene rings is 1. The van der Waals surface area contributed by atoms with Crippen LogP contribution in [0.2, 0.25) is 0 Å². The number of imidazole rings is 1. The maximum Gasteiger partial charge on any atom is 0.309 e. The Bertz CT molecular complexity index is 804. The number of nitrogens with zero attached hydrogens (tertiary/aromatic N) is 3. The molecule has 1 aromatic carbocycles. The fraction of sp³-hybridized carbons (Fsp3) is 0.524. The van der Waals surface area contributed by atoms with E-state index in [2.05, 4.69) is 28.1 Å². The number of carbonyl (C=O) groups excluding carboxylic acids is 1. The number of anilines is 2. The molecule has 2 heterocycles. The number of esters is 1. The predicted octanol–water partition coefficient (Wildman–Crippen LogP) is 3.17. The molecule has 0 radical (unpaired) electrons. The number of piperidine rings is 1. The van der Waals surface area contributed by atoms with E-state index >= 15 is 0 Å². The second kappa shape index (κ2) is 7.62. The normalized spacial score (nSPS) is 17.9. The van der Waals surface area contributed by atoms with Gasteiger partial charge in [-0.3, -0.25) is 4.79 Å². The van der Waals surface area contributed by atoms with Gasteiger partial charge in [0.05, 0.1) is 19.1 Å². The van der Waals surface area contributed by atoms with Crippen molar-refractivity contribution >= 4 is 17.6 Å². The van der Waals surface area contributed by atoms with E-state index in [0.717, 1.165) is 25.9 Å². The summed E-state index contributed by atoms with van der Waals surface area (Å²) in [7, 11) is 0. The lowest BCUT2D eigenvalue weighted by atomic mass is 9.95. The van der Waals surface area contributed by atoms with E-state index in [-0.39, 0.29) is 11.9 Å². The largest absolute Gasteiger partial charge is 0.466 e. The van der Waals surface area contributed by atoms with E-state index < -0.39 is 0 Å². The average Bonchev–Trinajstić information content (AvgIpc) is 3.46. The highest BCUT2D eigenvalue weighted by Gasteiger charge is 2.29. The fourth-order valence-corrected chi connectivity index (χ4v) is 3.95. The Morgan fingerprint density at radius 1 is 1.26 bits per heavy atom. The van der Waals surface area contributed by atoms with Crippen molar-refractivity contribution in [3.05, 3.63) is 41.7 Å². The molecule has 0 bridgehead atoms. The highest BCUT2D eigenvalue weighted by atomic mass is 16.5. The molecule has 0 atom stereocenters. The summed E-state index contributed by atoms with van der Waals surface area (Å²) < 4.78 is 7.18. The van der Waals surface area contributed by atoms with Gasteiger partial charge in [0.1, 0.15) is 0 Å². The van der Waals surface area contributed by atoms with Crippen molar-refractivity contribution in [2.45, 2.75) is 45.1 Å². The molecule has 144 valence electrons. The lowest BCUT2D eigenvalue weighted by molar-refractivity contribution is -0.148. The van der Waals surface area contributed by atoms with Crippen molar-refractivity contribution in [3.63, 3.8) is 0 Å². The minimum atomic E-state index is -0.0460. The summed E-state index contributed by atoms with van der Waals surface area (Å²) >= 11 is 0. The summed E-state index contributed by atoms with van der Waals surface area (Å²) in [5, 5.41) is 0. The van der Waals surface area contributed by atoms with Gasteiger partial charge < -0.3 is 19.9 Å². The van der Waals surface area contributed by atoms with Crippen molar-refractivity contribution in [3.8, 4) is 0 Å². The van der Waals surface area contributed by atoms with Gasteiger partial charge in [0.2, 0.25) is 0 Å². The predicted molar refractivity (Wildman–Crippen MR) is 106 cm³/mol. The van der Waals surface area contributed by atoms with Crippen LogP contribution in [0.3, 0.4) is 0 Å². The lowest BCUT2D eigenvalue weighted by Gasteiger charge is -2.34. The first-order valence-corrected chi connectivity index (χ1v) is 9.96. The van der Waals surface area contributed by atoms with E-state index in [4.69, 9.17) is 10.5 Å². The third kappa shape index (κ3) is 3.94. The molecule has 2 aromatic rings. The Labute approximate surface area is 160 Å². The molecule has 2 N–H and O–H groups in total. The van der Waals surface area contributed by atoms with Crippen LogP contribution in [0.1, 0.15) is 49.7 Å². The van der Waals surface area contributed by atoms with Gasteiger partial charge in [-0.05, 0) is 55.7 Å². The second-order valence-electron chi connectivity index (χ2n) is 7.59. The van der Waals surface area contributed by atoms with Crippen LogP contribution in [0.25, 0.3) is 0 Å². The minimum Gasteiger partial charge on any atom is -0.466 e. The summed E-state index contributed by atoms with van der Waals surface area (Å²) in [6.07, 6.45) is 7.92. The molecule has 0 amide bonds. The molecule has 2 aliphatic rings. The maximum absolute atomic E-state index is 12.0. The van der Waals surface area contributed by atoms with Gasteiger partial charge in [0.25, 0.3) is 0 Å². The Hall–Kier alpha value is -2.50. The SMILES string of the molecule is CCOC(=O)C1CCN(c2cc(C3CC3)ccc2Cn2ccnc2N)CC1. The maximum atomic E-state index is 12.0. The quantitative estimate of drug-likeness (QED) is 0.793. The summed E-state index contributed by atoms with van der Waals surface area (Å²) in [5.74, 6) is 1.23. The van der Waals surface area contributed by atoms with Gasteiger partial charge in [0, 0.05) is 31.2 Å². The molecule has 1 aliphatic carbocycles. The van der Waals surface area contributed by atoms with E-state index in [1.54, 1.807) is 6.20 Å². The molecule has 0 spiro atoms. The Kier molecular flexibility index (Phi) is 5.05. The number of carbonyl (C=O) groups is 1. The van der Waals surface area contributed by atoms with Gasteiger partial charge >= 0.3 is 5.97 Å². The van der Waals surface area contributed by atoms with Gasteiger partial charge in [-0.15, -0.1) is 0 Å². The first-order chi connectivity index (χ1) is 13.2. The fourth-order valence-electron chi connectivity index (χ4n) is 3.95. The Morgan fingerprint density at radius 2 is 2.04 bits per heavy atom. The smallest absolute Gasteiger partial charge is 0.309 e. The van der Waals surface area contributed by atoms with Crippen LogP contribution in [-0.4, -0.2) is 35.2 Å². The molecule has 1 aromatic heterocycles. The number of hydrogen-bond acceptors (Lipinski definition) is 5. The average molecular weight is 368 g/mol. The summed E-state index contributed by atoms with van der Waals surface area (Å²) in [4.78, 5) is 18.6. The molecule has 0 unspecified atom stereocenters. The molecular weight excluding hydrogens is 340 g/mol. The molecule has 2 fully saturated rings. The van der Waals surface area contributed by atoms with Crippen LogP contribution >= 0.6 is 0 Å². The highest BCUT2D eigenvalue weighted by Crippen LogP contribution is 2.42. The molecule has 27 heavy (non-hydrogen) atoms. The van der Waals surface area contributed by atoms with E-state index in [0.29, 0.717) is 25.0 Å². The summed E-state index contributed by atoms with van der Waals surface area (Å²) in [6, 6.07) is 6.85. The van der Waals surface area contributed by atoms with Crippen LogP contribution in [0.5, 0.6) is 0 Å². The van der Waals surface area contributed by atoms with Crippen LogP contribution in [0.4, 0.5) is 11.6 Å². The molecular formula is C21H28N4O2. The van der Waals surface area contributed by atoms with Crippen LogP contribution in [0.15, 0.2) is 30.6 Å². The van der Waals surface area contributed by atoms with E-state index in [1.807, 2.05) is 17.7 Å². The van der Waals surface area contributed by atoms with Crippen molar-refractivity contribution in [1.82, 2.24) is 9.55 Å². The zero-order valence-corrected chi connectivity index (χ0v) is 15.9. The number of rotatable bonds is 6. The second-order valence-corrected chi connectivity index (χ2v) is 7.59.